The lowest BCUT2D eigenvalue weighted by atomic mass is 10.4. The summed E-state index contributed by atoms with van der Waals surface area (Å²) < 4.78 is 0. The van der Waals surface area contributed by atoms with Gasteiger partial charge in [0.25, 0.3) is 0 Å². The minimum Gasteiger partial charge on any atom is -0.411 e. The molecule has 0 spiro atoms. The van der Waals surface area contributed by atoms with E-state index in [9.17, 15) is 0 Å². The van der Waals surface area contributed by atoms with Gasteiger partial charge in [0.2, 0.25) is 5.28 Å². The lowest BCUT2D eigenvalue weighted by molar-refractivity contribution is 0.322. The highest BCUT2D eigenvalue weighted by molar-refractivity contribution is 6.28. The minimum atomic E-state index is 0.176. The van der Waals surface area contributed by atoms with Crippen LogP contribution in [0.25, 0.3) is 0 Å². The van der Waals surface area contributed by atoms with Crippen molar-refractivity contribution in [3.63, 3.8) is 0 Å². The second kappa shape index (κ2) is 3.12. The van der Waals surface area contributed by atoms with Crippen LogP contribution >= 0.6 is 11.6 Å². The highest BCUT2D eigenvalue weighted by atomic mass is 35.5. The van der Waals surface area contributed by atoms with Gasteiger partial charge in [-0.25, -0.2) is 9.97 Å². The van der Waals surface area contributed by atoms with Crippen molar-refractivity contribution >= 4 is 17.8 Å². The van der Waals surface area contributed by atoms with Crippen LogP contribution in [0.3, 0.4) is 0 Å². The van der Waals surface area contributed by atoms with E-state index in [0.717, 1.165) is 0 Å². The van der Waals surface area contributed by atoms with E-state index < -0.39 is 0 Å². The van der Waals surface area contributed by atoms with Crippen molar-refractivity contribution in [2.45, 2.75) is 0 Å². The third-order valence-corrected chi connectivity index (χ3v) is 1.04. The van der Waals surface area contributed by atoms with Gasteiger partial charge in [-0.3, -0.25) is 0 Å². The summed E-state index contributed by atoms with van der Waals surface area (Å²) in [7, 11) is 0. The Morgan fingerprint density at radius 2 is 2.10 bits per heavy atom. The van der Waals surface area contributed by atoms with Gasteiger partial charge in [-0.05, 0) is 11.6 Å². The molecule has 0 fully saturated rings. The van der Waals surface area contributed by atoms with E-state index in [1.54, 1.807) is 0 Å². The van der Waals surface area contributed by atoms with E-state index in [2.05, 4.69) is 15.1 Å². The molecule has 1 N–H and O–H groups in total. The SMILES string of the molecule is ON=Cc1cnc(Cl)nc1. The van der Waals surface area contributed by atoms with Crippen molar-refractivity contribution in [2.24, 2.45) is 5.16 Å². The van der Waals surface area contributed by atoms with Gasteiger partial charge >= 0.3 is 0 Å². The summed E-state index contributed by atoms with van der Waals surface area (Å²) in [5.41, 5.74) is 0.604. The van der Waals surface area contributed by atoms with Crippen LogP contribution in [0.5, 0.6) is 0 Å². The van der Waals surface area contributed by atoms with Gasteiger partial charge in [0.15, 0.2) is 0 Å². The van der Waals surface area contributed by atoms with E-state index >= 15 is 0 Å². The molecule has 0 radical (unpaired) electrons. The quantitative estimate of drug-likeness (QED) is 0.286. The standard InChI is InChI=1S/C5H4ClN3O/c6-5-7-1-4(2-8-5)3-9-10/h1-3,10H. The predicted molar refractivity (Wildman–Crippen MR) is 36.4 cm³/mol. The van der Waals surface area contributed by atoms with Gasteiger partial charge in [0.05, 0.1) is 6.21 Å². The lowest BCUT2D eigenvalue weighted by Crippen LogP contribution is -1.86. The number of rotatable bonds is 1. The maximum absolute atomic E-state index is 8.07. The van der Waals surface area contributed by atoms with E-state index in [-0.39, 0.29) is 5.28 Å². The third-order valence-electron chi connectivity index (χ3n) is 0.847. The van der Waals surface area contributed by atoms with E-state index in [0.29, 0.717) is 5.56 Å². The molecule has 1 aromatic rings. The Labute approximate surface area is 62.2 Å². The average molecular weight is 158 g/mol. The van der Waals surface area contributed by atoms with Crippen LogP contribution < -0.4 is 0 Å². The predicted octanol–water partition coefficient (Wildman–Crippen LogP) is 0.938. The zero-order valence-electron chi connectivity index (χ0n) is 4.90. The first-order chi connectivity index (χ1) is 4.83. The zero-order valence-corrected chi connectivity index (χ0v) is 5.65. The molecule has 0 saturated carbocycles. The first-order valence-corrected chi connectivity index (χ1v) is 2.85. The van der Waals surface area contributed by atoms with Gasteiger partial charge in [-0.15, -0.1) is 0 Å². The van der Waals surface area contributed by atoms with Crippen LogP contribution in [-0.2, 0) is 0 Å². The lowest BCUT2D eigenvalue weighted by Gasteiger charge is -1.87. The summed E-state index contributed by atoms with van der Waals surface area (Å²) in [6.45, 7) is 0. The summed E-state index contributed by atoms with van der Waals surface area (Å²) in [4.78, 5) is 7.30. The van der Waals surface area contributed by atoms with Crippen LogP contribution in [0, 0.1) is 0 Å². The zero-order chi connectivity index (χ0) is 7.40. The molecule has 1 aromatic heterocycles. The Morgan fingerprint density at radius 3 is 2.60 bits per heavy atom. The monoisotopic (exact) mass is 157 g/mol. The molecular weight excluding hydrogens is 154 g/mol. The number of hydrogen-bond donors (Lipinski definition) is 1. The second-order valence-electron chi connectivity index (χ2n) is 1.53. The molecule has 52 valence electrons. The van der Waals surface area contributed by atoms with Gasteiger partial charge in [0, 0.05) is 18.0 Å². The summed E-state index contributed by atoms with van der Waals surface area (Å²) in [6.07, 6.45) is 4.13. The fourth-order valence-electron chi connectivity index (χ4n) is 0.456. The summed E-state index contributed by atoms with van der Waals surface area (Å²) in [6, 6.07) is 0. The normalized spacial score (nSPS) is 10.5. The Balaban J connectivity index is 2.89. The van der Waals surface area contributed by atoms with Gasteiger partial charge < -0.3 is 5.21 Å². The fourth-order valence-corrected chi connectivity index (χ4v) is 0.553. The third kappa shape index (κ3) is 1.66. The number of nitrogens with zero attached hydrogens (tertiary/aromatic N) is 3. The van der Waals surface area contributed by atoms with Crippen LogP contribution in [0.4, 0.5) is 0 Å². The fraction of sp³-hybridized carbons (Fsp3) is 0. The first kappa shape index (κ1) is 6.95. The van der Waals surface area contributed by atoms with E-state index in [4.69, 9.17) is 16.8 Å². The molecule has 10 heavy (non-hydrogen) atoms. The highest BCUT2D eigenvalue weighted by Crippen LogP contribution is 1.97. The van der Waals surface area contributed by atoms with Crippen LogP contribution in [0.2, 0.25) is 5.28 Å². The number of hydrogen-bond acceptors (Lipinski definition) is 4. The number of aromatic nitrogens is 2. The minimum absolute atomic E-state index is 0.176. The Morgan fingerprint density at radius 1 is 1.50 bits per heavy atom. The van der Waals surface area contributed by atoms with Crippen molar-refractivity contribution in [2.75, 3.05) is 0 Å². The Kier molecular flexibility index (Phi) is 2.17. The molecular formula is C5H4ClN3O. The molecule has 0 saturated heterocycles. The van der Waals surface area contributed by atoms with E-state index in [1.165, 1.54) is 18.6 Å². The second-order valence-corrected chi connectivity index (χ2v) is 1.87. The van der Waals surface area contributed by atoms with E-state index in [1.807, 2.05) is 0 Å². The summed E-state index contributed by atoms with van der Waals surface area (Å²) in [5.74, 6) is 0. The summed E-state index contributed by atoms with van der Waals surface area (Å²) >= 11 is 5.38. The smallest absolute Gasteiger partial charge is 0.222 e. The maximum atomic E-state index is 8.07. The molecule has 0 aromatic carbocycles. The molecule has 0 unspecified atom stereocenters. The van der Waals surface area contributed by atoms with Crippen LogP contribution in [0.1, 0.15) is 5.56 Å². The van der Waals surface area contributed by atoms with Gasteiger partial charge in [-0.2, -0.15) is 0 Å². The number of oxime groups is 1. The highest BCUT2D eigenvalue weighted by Gasteiger charge is 1.89. The molecule has 1 heterocycles. The molecule has 0 aliphatic rings. The Hall–Kier alpha value is -1.16. The van der Waals surface area contributed by atoms with Gasteiger partial charge in [0.1, 0.15) is 0 Å². The van der Waals surface area contributed by atoms with Gasteiger partial charge in [-0.1, -0.05) is 5.16 Å². The summed E-state index contributed by atoms with van der Waals surface area (Å²) in [5, 5.41) is 11.0. The Bertz CT molecular complexity index is 233. The molecule has 1 rings (SSSR count). The largest absolute Gasteiger partial charge is 0.411 e. The molecule has 0 atom stereocenters. The van der Waals surface area contributed by atoms with Crippen LogP contribution in [-0.4, -0.2) is 21.4 Å². The van der Waals surface area contributed by atoms with Crippen molar-refractivity contribution < 1.29 is 5.21 Å². The van der Waals surface area contributed by atoms with Crippen molar-refractivity contribution in [1.29, 1.82) is 0 Å². The van der Waals surface area contributed by atoms with Crippen LogP contribution in [0.15, 0.2) is 17.5 Å². The molecule has 5 heteroatoms. The van der Waals surface area contributed by atoms with Crippen molar-refractivity contribution in [3.05, 3.63) is 23.2 Å². The molecule has 4 nitrogen and oxygen atoms in total. The van der Waals surface area contributed by atoms with Crippen molar-refractivity contribution in [1.82, 2.24) is 9.97 Å². The molecule has 0 bridgehead atoms. The molecule has 0 aliphatic carbocycles. The molecule has 0 amide bonds. The average Bonchev–Trinajstić information content (AvgIpc) is 1.95. The van der Waals surface area contributed by atoms with Crippen molar-refractivity contribution in [3.8, 4) is 0 Å². The first-order valence-electron chi connectivity index (χ1n) is 2.48. The molecule has 0 aliphatic heterocycles. The number of halogens is 1. The topological polar surface area (TPSA) is 58.4 Å². The maximum Gasteiger partial charge on any atom is 0.222 e.